The van der Waals surface area contributed by atoms with Crippen LogP contribution in [0.4, 0.5) is 5.69 Å². The standard InChI is InChI=1S/C31H44BNO7/c1-10-11-21(4)38-27-19-23(13-15-25(27)29(35)36-9)33-28(34)24-14-12-22(18-26(24)37-17-16-20(2)3)32-39-30(5,6)31(7,8)40-32/h12-15,18-21H,10-11,16-17H2,1-9H3,(H,33,34). The van der Waals surface area contributed by atoms with Crippen molar-refractivity contribution in [3.05, 3.63) is 47.5 Å². The number of anilines is 1. The molecular formula is C31H44BNO7. The lowest BCUT2D eigenvalue weighted by Gasteiger charge is -2.32. The smallest absolute Gasteiger partial charge is 0.493 e. The van der Waals surface area contributed by atoms with Crippen LogP contribution in [0.15, 0.2) is 36.4 Å². The van der Waals surface area contributed by atoms with Gasteiger partial charge in [0.25, 0.3) is 5.91 Å². The average Bonchev–Trinajstić information content (AvgIpc) is 3.10. The summed E-state index contributed by atoms with van der Waals surface area (Å²) < 4.78 is 29.5. The molecule has 8 nitrogen and oxygen atoms in total. The van der Waals surface area contributed by atoms with Crippen molar-refractivity contribution in [3.63, 3.8) is 0 Å². The third kappa shape index (κ3) is 7.58. The van der Waals surface area contributed by atoms with E-state index in [1.165, 1.54) is 7.11 Å². The number of benzene rings is 2. The van der Waals surface area contributed by atoms with E-state index >= 15 is 0 Å². The van der Waals surface area contributed by atoms with Gasteiger partial charge in [-0.3, -0.25) is 4.79 Å². The fourth-order valence-electron chi connectivity index (χ4n) is 4.23. The van der Waals surface area contributed by atoms with Crippen LogP contribution in [0, 0.1) is 5.92 Å². The van der Waals surface area contributed by atoms with Gasteiger partial charge < -0.3 is 28.8 Å². The summed E-state index contributed by atoms with van der Waals surface area (Å²) in [5.41, 5.74) is 0.960. The number of hydrogen-bond acceptors (Lipinski definition) is 7. The minimum absolute atomic E-state index is 0.108. The fraction of sp³-hybridized carbons (Fsp3) is 0.548. The normalized spacial score (nSPS) is 16.5. The minimum atomic E-state index is -0.578. The zero-order valence-corrected chi connectivity index (χ0v) is 25.4. The Morgan fingerprint density at radius 3 is 2.17 bits per heavy atom. The van der Waals surface area contributed by atoms with Crippen molar-refractivity contribution in [1.29, 1.82) is 0 Å². The molecule has 1 aliphatic rings. The van der Waals surface area contributed by atoms with Crippen LogP contribution in [0.3, 0.4) is 0 Å². The second-order valence-corrected chi connectivity index (χ2v) is 11.7. The Bertz CT molecular complexity index is 1180. The van der Waals surface area contributed by atoms with E-state index in [2.05, 4.69) is 26.1 Å². The summed E-state index contributed by atoms with van der Waals surface area (Å²) in [4.78, 5) is 25.8. The topological polar surface area (TPSA) is 92.3 Å². The molecule has 1 amide bonds. The van der Waals surface area contributed by atoms with Gasteiger partial charge in [0, 0.05) is 11.8 Å². The number of esters is 1. The zero-order chi connectivity index (χ0) is 29.7. The first-order chi connectivity index (χ1) is 18.8. The molecule has 1 N–H and O–H groups in total. The molecule has 218 valence electrons. The van der Waals surface area contributed by atoms with Crippen molar-refractivity contribution < 1.29 is 33.1 Å². The Balaban J connectivity index is 1.90. The first-order valence-electron chi connectivity index (χ1n) is 14.1. The van der Waals surface area contributed by atoms with Crippen LogP contribution in [0.25, 0.3) is 0 Å². The van der Waals surface area contributed by atoms with Crippen molar-refractivity contribution in [3.8, 4) is 11.5 Å². The number of carbonyl (C=O) groups is 2. The molecule has 0 aliphatic carbocycles. The van der Waals surface area contributed by atoms with E-state index in [1.807, 2.05) is 46.8 Å². The lowest BCUT2D eigenvalue weighted by atomic mass is 9.78. The molecule has 1 atom stereocenters. The highest BCUT2D eigenvalue weighted by atomic mass is 16.7. The van der Waals surface area contributed by atoms with E-state index in [-0.39, 0.29) is 12.0 Å². The molecule has 1 unspecified atom stereocenters. The molecule has 1 aliphatic heterocycles. The lowest BCUT2D eigenvalue weighted by molar-refractivity contribution is 0.00578. The van der Waals surface area contributed by atoms with Crippen molar-refractivity contribution in [2.24, 2.45) is 5.92 Å². The van der Waals surface area contributed by atoms with E-state index in [1.54, 1.807) is 24.3 Å². The number of rotatable bonds is 12. The molecule has 0 radical (unpaired) electrons. The highest BCUT2D eigenvalue weighted by molar-refractivity contribution is 6.62. The third-order valence-corrected chi connectivity index (χ3v) is 7.40. The third-order valence-electron chi connectivity index (χ3n) is 7.40. The molecule has 40 heavy (non-hydrogen) atoms. The van der Waals surface area contributed by atoms with Crippen molar-refractivity contribution in [2.45, 2.75) is 92.0 Å². The summed E-state index contributed by atoms with van der Waals surface area (Å²) >= 11 is 0. The number of carbonyl (C=O) groups excluding carboxylic acids is 2. The van der Waals surface area contributed by atoms with Gasteiger partial charge in [0.1, 0.15) is 17.1 Å². The quantitative estimate of drug-likeness (QED) is 0.254. The van der Waals surface area contributed by atoms with Gasteiger partial charge in [-0.1, -0.05) is 33.3 Å². The first kappa shape index (κ1) is 31.5. The molecule has 3 rings (SSSR count). The van der Waals surface area contributed by atoms with Gasteiger partial charge >= 0.3 is 13.1 Å². The molecule has 9 heteroatoms. The number of amides is 1. The fourth-order valence-corrected chi connectivity index (χ4v) is 4.23. The summed E-state index contributed by atoms with van der Waals surface area (Å²) in [5, 5.41) is 2.93. The van der Waals surface area contributed by atoms with Crippen LogP contribution >= 0.6 is 0 Å². The maximum Gasteiger partial charge on any atom is 0.494 e. The lowest BCUT2D eigenvalue weighted by Crippen LogP contribution is -2.41. The van der Waals surface area contributed by atoms with Gasteiger partial charge in [0.05, 0.1) is 36.6 Å². The van der Waals surface area contributed by atoms with Gasteiger partial charge in [-0.25, -0.2) is 4.79 Å². The molecule has 0 aromatic heterocycles. The van der Waals surface area contributed by atoms with Crippen LogP contribution in [0.5, 0.6) is 11.5 Å². The largest absolute Gasteiger partial charge is 0.494 e. The SMILES string of the molecule is CCCC(C)Oc1cc(NC(=O)c2ccc(B3OC(C)(C)C(C)(C)O3)cc2OCCC(C)C)ccc1C(=O)OC. The van der Waals surface area contributed by atoms with Crippen molar-refractivity contribution in [2.75, 3.05) is 19.0 Å². The van der Waals surface area contributed by atoms with Crippen LogP contribution in [0.1, 0.15) is 95.4 Å². The van der Waals surface area contributed by atoms with Gasteiger partial charge in [-0.05, 0) is 83.1 Å². The predicted molar refractivity (Wildman–Crippen MR) is 158 cm³/mol. The molecule has 1 saturated heterocycles. The summed E-state index contributed by atoms with van der Waals surface area (Å²) in [7, 11) is 0.746. The molecule has 0 spiro atoms. The van der Waals surface area contributed by atoms with Crippen LogP contribution < -0.4 is 20.3 Å². The Morgan fingerprint density at radius 1 is 0.925 bits per heavy atom. The molecule has 0 saturated carbocycles. The van der Waals surface area contributed by atoms with E-state index in [0.717, 1.165) is 24.7 Å². The van der Waals surface area contributed by atoms with Gasteiger partial charge in [0.15, 0.2) is 0 Å². The van der Waals surface area contributed by atoms with Gasteiger partial charge in [-0.2, -0.15) is 0 Å². The molecule has 1 fully saturated rings. The summed E-state index contributed by atoms with van der Waals surface area (Å²) in [5.74, 6) is 0.402. The van der Waals surface area contributed by atoms with Crippen molar-refractivity contribution in [1.82, 2.24) is 0 Å². The summed E-state index contributed by atoms with van der Waals surface area (Å²) in [6.45, 7) is 16.7. The minimum Gasteiger partial charge on any atom is -0.493 e. The number of ether oxygens (including phenoxy) is 3. The first-order valence-corrected chi connectivity index (χ1v) is 14.1. The number of hydrogen-bond donors (Lipinski definition) is 1. The molecule has 2 aromatic rings. The Morgan fingerprint density at radius 2 is 1.57 bits per heavy atom. The van der Waals surface area contributed by atoms with E-state index in [4.69, 9.17) is 23.5 Å². The van der Waals surface area contributed by atoms with E-state index in [9.17, 15) is 9.59 Å². The van der Waals surface area contributed by atoms with Crippen LogP contribution in [-0.2, 0) is 14.0 Å². The van der Waals surface area contributed by atoms with Crippen LogP contribution in [-0.4, -0.2) is 50.0 Å². The molecule has 2 aromatic carbocycles. The Kier molecular flexibility index (Phi) is 10.3. The summed E-state index contributed by atoms with van der Waals surface area (Å²) in [6.07, 6.45) is 2.49. The monoisotopic (exact) mass is 553 g/mol. The molecule has 0 bridgehead atoms. The number of nitrogens with one attached hydrogen (secondary N) is 1. The van der Waals surface area contributed by atoms with Gasteiger partial charge in [0.2, 0.25) is 0 Å². The van der Waals surface area contributed by atoms with Gasteiger partial charge in [-0.15, -0.1) is 0 Å². The zero-order valence-electron chi connectivity index (χ0n) is 25.4. The summed E-state index contributed by atoms with van der Waals surface area (Å²) in [6, 6.07) is 10.3. The second-order valence-electron chi connectivity index (χ2n) is 11.7. The van der Waals surface area contributed by atoms with Crippen LogP contribution in [0.2, 0.25) is 0 Å². The maximum atomic E-state index is 13.5. The highest BCUT2D eigenvalue weighted by Crippen LogP contribution is 2.37. The number of methoxy groups -OCH3 is 1. The van der Waals surface area contributed by atoms with Crippen molar-refractivity contribution >= 4 is 30.1 Å². The highest BCUT2D eigenvalue weighted by Gasteiger charge is 2.51. The molecule has 1 heterocycles. The van der Waals surface area contributed by atoms with E-state index < -0.39 is 24.3 Å². The van der Waals surface area contributed by atoms with E-state index in [0.29, 0.717) is 40.8 Å². The average molecular weight is 554 g/mol. The Labute approximate surface area is 239 Å². The second kappa shape index (κ2) is 13.1. The maximum absolute atomic E-state index is 13.5. The predicted octanol–water partition coefficient (Wildman–Crippen LogP) is 6.02. The molecular weight excluding hydrogens is 509 g/mol. The Hall–Kier alpha value is -3.04.